The maximum absolute atomic E-state index is 14.9. The van der Waals surface area contributed by atoms with Crippen molar-refractivity contribution >= 4 is 40.7 Å². The summed E-state index contributed by atoms with van der Waals surface area (Å²) in [5, 5.41) is 3.27. The van der Waals surface area contributed by atoms with E-state index in [1.54, 1.807) is 25.7 Å². The predicted molar refractivity (Wildman–Crippen MR) is 159 cm³/mol. The van der Waals surface area contributed by atoms with Crippen LogP contribution in [0.3, 0.4) is 0 Å². The fourth-order valence-corrected chi connectivity index (χ4v) is 6.99. The average Bonchev–Trinajstić information content (AvgIpc) is 3.31. The number of halogens is 1. The largest absolute Gasteiger partial charge is 0.496 e. The molecule has 1 spiro atoms. The second kappa shape index (κ2) is 9.81. The molecule has 0 fully saturated rings. The van der Waals surface area contributed by atoms with Crippen molar-refractivity contribution in [3.63, 3.8) is 0 Å². The molecule has 3 aromatic rings. The van der Waals surface area contributed by atoms with Gasteiger partial charge in [-0.05, 0) is 30.4 Å². The van der Waals surface area contributed by atoms with Crippen LogP contribution in [0, 0.1) is 5.92 Å². The van der Waals surface area contributed by atoms with Gasteiger partial charge in [0, 0.05) is 48.2 Å². The van der Waals surface area contributed by atoms with Crippen molar-refractivity contribution in [2.45, 2.75) is 29.8 Å². The molecule has 3 aliphatic rings. The first-order valence-electron chi connectivity index (χ1n) is 13.2. The number of benzene rings is 2. The van der Waals surface area contributed by atoms with E-state index in [4.69, 9.17) is 25.8 Å². The highest BCUT2D eigenvalue weighted by molar-refractivity contribution is 7.98. The number of carbonyl (C=O) groups excluding carboxylic acids is 2. The van der Waals surface area contributed by atoms with Crippen molar-refractivity contribution in [3.8, 4) is 17.2 Å². The average molecular weight is 610 g/mol. The SMILES string of the molecule is COc1cc(OC)c2c(c1Cl)O[C@@]1(C(=O)C3=C(C[C@H]1C)Nc1c(c(=O)n(C)c(=O)n1C)[C@H]3c1ccc(SC)cc1)C2=O. The molecule has 2 aromatic carbocycles. The zero-order valence-corrected chi connectivity index (χ0v) is 25.4. The van der Waals surface area contributed by atoms with E-state index in [-0.39, 0.29) is 45.4 Å². The third kappa shape index (κ3) is 3.59. The van der Waals surface area contributed by atoms with Crippen LogP contribution in [0.4, 0.5) is 5.82 Å². The van der Waals surface area contributed by atoms with E-state index in [2.05, 4.69) is 5.32 Å². The number of fused-ring (bicyclic) bond motifs is 2. The van der Waals surface area contributed by atoms with E-state index in [0.29, 0.717) is 17.1 Å². The highest BCUT2D eigenvalue weighted by atomic mass is 35.5. The lowest BCUT2D eigenvalue weighted by Gasteiger charge is -2.42. The second-order valence-electron chi connectivity index (χ2n) is 10.6. The molecule has 10 nitrogen and oxygen atoms in total. The van der Waals surface area contributed by atoms with E-state index < -0.39 is 40.3 Å². The molecular formula is C30H28ClN3O7S. The van der Waals surface area contributed by atoms with E-state index in [1.165, 1.54) is 31.9 Å². The number of anilines is 1. The Labute approximate surface area is 250 Å². The van der Waals surface area contributed by atoms with Crippen molar-refractivity contribution in [3.05, 3.63) is 84.2 Å². The van der Waals surface area contributed by atoms with Gasteiger partial charge in [-0.2, -0.15) is 0 Å². The zero-order valence-electron chi connectivity index (χ0n) is 23.8. The molecule has 42 heavy (non-hydrogen) atoms. The normalized spacial score (nSPS) is 22.4. The Morgan fingerprint density at radius 1 is 1.02 bits per heavy atom. The van der Waals surface area contributed by atoms with Crippen LogP contribution < -0.4 is 30.8 Å². The minimum Gasteiger partial charge on any atom is -0.496 e. The monoisotopic (exact) mass is 609 g/mol. The van der Waals surface area contributed by atoms with Crippen molar-refractivity contribution in [1.82, 2.24) is 9.13 Å². The number of nitrogens with zero attached hydrogens (tertiary/aromatic N) is 2. The quantitative estimate of drug-likeness (QED) is 0.347. The number of ether oxygens (including phenoxy) is 3. The van der Waals surface area contributed by atoms with Crippen LogP contribution in [0.5, 0.6) is 17.2 Å². The third-order valence-corrected chi connectivity index (χ3v) is 9.63. The number of nitrogens with one attached hydrogen (secondary N) is 1. The number of aromatic nitrogens is 2. The smallest absolute Gasteiger partial charge is 0.332 e. The van der Waals surface area contributed by atoms with Crippen LogP contribution in [0.15, 0.2) is 56.1 Å². The van der Waals surface area contributed by atoms with Gasteiger partial charge in [-0.3, -0.25) is 23.5 Å². The molecule has 1 N–H and O–H groups in total. The molecule has 0 saturated heterocycles. The van der Waals surface area contributed by atoms with Crippen LogP contribution in [0.25, 0.3) is 0 Å². The molecule has 3 heterocycles. The minimum atomic E-state index is -1.95. The Bertz CT molecular complexity index is 1860. The van der Waals surface area contributed by atoms with Gasteiger partial charge in [-0.15, -0.1) is 11.8 Å². The summed E-state index contributed by atoms with van der Waals surface area (Å²) >= 11 is 8.16. The molecule has 3 atom stereocenters. The van der Waals surface area contributed by atoms with Crippen molar-refractivity contribution < 1.29 is 23.8 Å². The molecule has 2 aliphatic heterocycles. The van der Waals surface area contributed by atoms with Crippen molar-refractivity contribution in [2.75, 3.05) is 25.8 Å². The summed E-state index contributed by atoms with van der Waals surface area (Å²) in [5.74, 6) is -1.93. The highest BCUT2D eigenvalue weighted by Gasteiger charge is 2.63. The number of thioether (sulfide) groups is 1. The predicted octanol–water partition coefficient (Wildman–Crippen LogP) is 3.91. The first-order valence-corrected chi connectivity index (χ1v) is 14.8. The first kappa shape index (κ1) is 28.2. The van der Waals surface area contributed by atoms with Gasteiger partial charge in [-0.25, -0.2) is 4.79 Å². The summed E-state index contributed by atoms with van der Waals surface area (Å²) in [4.78, 5) is 56.8. The van der Waals surface area contributed by atoms with Crippen LogP contribution >= 0.6 is 23.4 Å². The van der Waals surface area contributed by atoms with Gasteiger partial charge in [0.05, 0.1) is 19.8 Å². The van der Waals surface area contributed by atoms with E-state index in [0.717, 1.165) is 9.46 Å². The lowest BCUT2D eigenvalue weighted by atomic mass is 9.66. The Kier molecular flexibility index (Phi) is 6.58. The van der Waals surface area contributed by atoms with Crippen LogP contribution in [-0.2, 0) is 18.9 Å². The summed E-state index contributed by atoms with van der Waals surface area (Å²) in [6.45, 7) is 1.76. The van der Waals surface area contributed by atoms with E-state index >= 15 is 0 Å². The minimum absolute atomic E-state index is 0.0190. The Hall–Kier alpha value is -3.96. The van der Waals surface area contributed by atoms with Crippen LogP contribution in [0.2, 0.25) is 5.02 Å². The molecule has 6 rings (SSSR count). The number of allylic oxidation sites excluding steroid dienone is 1. The second-order valence-corrected chi connectivity index (χ2v) is 11.8. The fraction of sp³-hybridized carbons (Fsp3) is 0.333. The summed E-state index contributed by atoms with van der Waals surface area (Å²) < 4.78 is 19.6. The zero-order chi connectivity index (χ0) is 30.2. The highest BCUT2D eigenvalue weighted by Crippen LogP contribution is 2.56. The fourth-order valence-electron chi connectivity index (χ4n) is 6.32. The third-order valence-electron chi connectivity index (χ3n) is 8.53. The number of carbonyl (C=O) groups is 2. The van der Waals surface area contributed by atoms with E-state index in [9.17, 15) is 19.2 Å². The summed E-state index contributed by atoms with van der Waals surface area (Å²) in [5.41, 5.74) is -1.27. The van der Waals surface area contributed by atoms with Gasteiger partial charge in [0.25, 0.3) is 5.56 Å². The molecule has 0 saturated carbocycles. The number of rotatable bonds is 4. The van der Waals surface area contributed by atoms with Gasteiger partial charge >= 0.3 is 5.69 Å². The molecule has 0 bridgehead atoms. The molecule has 1 aromatic heterocycles. The van der Waals surface area contributed by atoms with Crippen molar-refractivity contribution in [1.29, 1.82) is 0 Å². The summed E-state index contributed by atoms with van der Waals surface area (Å²) in [6.07, 6.45) is 2.17. The molecule has 0 unspecified atom stereocenters. The van der Waals surface area contributed by atoms with Crippen molar-refractivity contribution in [2.24, 2.45) is 20.0 Å². The Morgan fingerprint density at radius 3 is 2.31 bits per heavy atom. The Morgan fingerprint density at radius 2 is 1.69 bits per heavy atom. The number of hydrogen-bond donors (Lipinski definition) is 1. The lowest BCUT2D eigenvalue weighted by molar-refractivity contribution is -0.130. The maximum Gasteiger partial charge on any atom is 0.332 e. The standard InChI is InChI=1S/C30H28ClN3O7S/c1-13-11-16-20(25(35)30(13)26(36)21-17(39-4)12-18(40-5)23(31)24(21)41-30)19(14-7-9-15(42-6)10-8-14)22-27(32-16)33(2)29(38)34(3)28(22)37/h7-10,12-13,19,32H,11H2,1-6H3/t13-,19+,30+/m1/s1. The maximum atomic E-state index is 14.9. The lowest BCUT2D eigenvalue weighted by Crippen LogP contribution is -2.58. The molecule has 12 heteroatoms. The number of hydrogen-bond acceptors (Lipinski definition) is 9. The molecule has 0 amide bonds. The van der Waals surface area contributed by atoms with Gasteiger partial charge in [-0.1, -0.05) is 30.7 Å². The number of Topliss-reactive ketones (excluding diaryl/α,β-unsaturated/α-hetero) is 2. The van der Waals surface area contributed by atoms with E-state index in [1.807, 2.05) is 30.5 Å². The van der Waals surface area contributed by atoms with Gasteiger partial charge in [0.2, 0.25) is 17.2 Å². The molecule has 1 aliphatic carbocycles. The van der Waals surface area contributed by atoms with Crippen LogP contribution in [-0.4, -0.2) is 46.8 Å². The summed E-state index contributed by atoms with van der Waals surface area (Å²) in [7, 11) is 5.81. The molecule has 0 radical (unpaired) electrons. The molecular weight excluding hydrogens is 582 g/mol. The topological polar surface area (TPSA) is 118 Å². The van der Waals surface area contributed by atoms with Gasteiger partial charge < -0.3 is 19.5 Å². The summed E-state index contributed by atoms with van der Waals surface area (Å²) in [6, 6.07) is 9.02. The number of ketones is 2. The number of methoxy groups -OCH3 is 2. The first-order chi connectivity index (χ1) is 20.0. The van der Waals surface area contributed by atoms with Gasteiger partial charge in [0.1, 0.15) is 27.9 Å². The Balaban J connectivity index is 1.61. The van der Waals surface area contributed by atoms with Crippen LogP contribution in [0.1, 0.15) is 40.7 Å². The molecule has 218 valence electrons. The van der Waals surface area contributed by atoms with Gasteiger partial charge in [0.15, 0.2) is 5.75 Å².